The molecule has 0 unspecified atom stereocenters. The molecule has 1 aromatic carbocycles. The smallest absolute Gasteiger partial charge is 0.252 e. The Hall–Kier alpha value is -3.47. The topological polar surface area (TPSA) is 45.8 Å². The minimum absolute atomic E-state index is 0.598. The van der Waals surface area contributed by atoms with Crippen LogP contribution in [-0.4, -0.2) is 33.4 Å². The Morgan fingerprint density at radius 2 is 1.71 bits per heavy atom. The van der Waals surface area contributed by atoms with Crippen molar-refractivity contribution in [1.29, 1.82) is 0 Å². The Kier molecular flexibility index (Phi) is 4.65. The third-order valence-electron chi connectivity index (χ3n) is 4.60. The van der Waals surface area contributed by atoms with Crippen molar-refractivity contribution >= 4 is 11.7 Å². The molecular weight excluding hydrogens is 346 g/mol. The number of nitrogens with zero attached hydrogens (tertiary/aromatic N) is 5. The maximum atomic E-state index is 4.83. The molecule has 3 heterocycles. The van der Waals surface area contributed by atoms with Gasteiger partial charge in [0.15, 0.2) is 0 Å². The van der Waals surface area contributed by atoms with Crippen molar-refractivity contribution < 1.29 is 0 Å². The second-order valence-electron chi connectivity index (χ2n) is 7.10. The fraction of sp³-hybridized carbons (Fsp3) is 0.174. The Morgan fingerprint density at radius 1 is 0.929 bits per heavy atom. The summed E-state index contributed by atoms with van der Waals surface area (Å²) in [4.78, 5) is 11.6. The molecule has 4 rings (SSSR count). The maximum Gasteiger partial charge on any atom is 0.252 e. The molecule has 0 bridgehead atoms. The third kappa shape index (κ3) is 3.64. The summed E-state index contributed by atoms with van der Waals surface area (Å²) >= 11 is 0. The van der Waals surface area contributed by atoms with Crippen molar-refractivity contribution in [3.8, 4) is 0 Å². The number of hydrogen-bond donors (Lipinski definition) is 0. The van der Waals surface area contributed by atoms with Gasteiger partial charge in [-0.05, 0) is 56.7 Å². The molecule has 0 radical (unpaired) electrons. The number of hydrogen-bond acceptors (Lipinski definition) is 4. The van der Waals surface area contributed by atoms with E-state index in [1.165, 1.54) is 5.56 Å². The highest BCUT2D eigenvalue weighted by atomic mass is 15.4. The maximum absolute atomic E-state index is 4.83. The fourth-order valence-corrected chi connectivity index (χ4v) is 3.19. The Labute approximate surface area is 165 Å². The summed E-state index contributed by atoms with van der Waals surface area (Å²) < 4.78 is 1.80. The van der Waals surface area contributed by atoms with E-state index in [9.17, 15) is 0 Å². The van der Waals surface area contributed by atoms with E-state index in [1.807, 2.05) is 56.4 Å². The largest absolute Gasteiger partial charge is 0.357 e. The fourth-order valence-electron chi connectivity index (χ4n) is 3.19. The lowest BCUT2D eigenvalue weighted by Gasteiger charge is -2.11. The van der Waals surface area contributed by atoms with Crippen LogP contribution in [0.5, 0.6) is 0 Å². The predicted octanol–water partition coefficient (Wildman–Crippen LogP) is 4.30. The average Bonchev–Trinajstić information content (AvgIpc) is 3.24. The molecule has 0 amide bonds. The molecule has 2 aliphatic rings. The normalized spacial score (nSPS) is 17.4. The summed E-state index contributed by atoms with van der Waals surface area (Å²) in [6.45, 7) is 6.08. The van der Waals surface area contributed by atoms with Crippen molar-refractivity contribution in [3.63, 3.8) is 0 Å². The number of aromatic nitrogens is 2. The summed E-state index contributed by atoms with van der Waals surface area (Å²) in [6.07, 6.45) is 12.3. The SMILES string of the molecule is Cc1cccc(C2=NC(n3nc(C)cc3C)=NC2=CC=C2C=CN(C)C=C2)c1. The van der Waals surface area contributed by atoms with Gasteiger partial charge in [0.2, 0.25) is 0 Å². The van der Waals surface area contributed by atoms with Crippen molar-refractivity contribution in [2.24, 2.45) is 9.98 Å². The van der Waals surface area contributed by atoms with Crippen LogP contribution < -0.4 is 0 Å². The van der Waals surface area contributed by atoms with Crippen LogP contribution in [0.15, 0.2) is 88.3 Å². The molecule has 0 saturated heterocycles. The zero-order valence-corrected chi connectivity index (χ0v) is 16.6. The van der Waals surface area contributed by atoms with Gasteiger partial charge in [-0.25, -0.2) is 14.7 Å². The van der Waals surface area contributed by atoms with Crippen LogP contribution in [-0.2, 0) is 0 Å². The van der Waals surface area contributed by atoms with Crippen LogP contribution in [0.4, 0.5) is 0 Å². The van der Waals surface area contributed by atoms with E-state index >= 15 is 0 Å². The second-order valence-corrected chi connectivity index (χ2v) is 7.10. The van der Waals surface area contributed by atoms with Gasteiger partial charge in [-0.1, -0.05) is 29.8 Å². The quantitative estimate of drug-likeness (QED) is 0.792. The van der Waals surface area contributed by atoms with E-state index in [2.05, 4.69) is 48.4 Å². The number of rotatable bonds is 2. The number of benzene rings is 1. The molecule has 28 heavy (non-hydrogen) atoms. The summed E-state index contributed by atoms with van der Waals surface area (Å²) in [5, 5.41) is 4.54. The van der Waals surface area contributed by atoms with Gasteiger partial charge < -0.3 is 4.90 Å². The molecule has 0 fully saturated rings. The summed E-state index contributed by atoms with van der Waals surface area (Å²) in [5.74, 6) is 0.598. The van der Waals surface area contributed by atoms with E-state index < -0.39 is 0 Å². The number of aryl methyl sites for hydroxylation is 3. The zero-order valence-electron chi connectivity index (χ0n) is 16.6. The zero-order chi connectivity index (χ0) is 19.7. The van der Waals surface area contributed by atoms with Crippen LogP contribution >= 0.6 is 0 Å². The highest BCUT2D eigenvalue weighted by Gasteiger charge is 2.21. The minimum atomic E-state index is 0.598. The first-order valence-electron chi connectivity index (χ1n) is 9.28. The monoisotopic (exact) mass is 369 g/mol. The Bertz CT molecular complexity index is 1090. The van der Waals surface area contributed by atoms with E-state index in [0.717, 1.165) is 33.9 Å². The van der Waals surface area contributed by atoms with Gasteiger partial charge in [0.05, 0.1) is 11.4 Å². The van der Waals surface area contributed by atoms with Gasteiger partial charge in [-0.2, -0.15) is 5.10 Å². The second kappa shape index (κ2) is 7.27. The van der Waals surface area contributed by atoms with Crippen LogP contribution in [0, 0.1) is 20.8 Å². The number of allylic oxidation sites excluding steroid dienone is 6. The van der Waals surface area contributed by atoms with Gasteiger partial charge in [-0.3, -0.25) is 0 Å². The van der Waals surface area contributed by atoms with Crippen molar-refractivity contribution in [2.75, 3.05) is 7.05 Å². The minimum Gasteiger partial charge on any atom is -0.357 e. The van der Waals surface area contributed by atoms with E-state index in [4.69, 9.17) is 9.98 Å². The average molecular weight is 369 g/mol. The first-order valence-corrected chi connectivity index (χ1v) is 9.28. The van der Waals surface area contributed by atoms with Crippen LogP contribution in [0.3, 0.4) is 0 Å². The lowest BCUT2D eigenvalue weighted by atomic mass is 10.0. The first kappa shape index (κ1) is 17.9. The first-order chi connectivity index (χ1) is 13.5. The molecule has 0 aliphatic carbocycles. The van der Waals surface area contributed by atoms with Gasteiger partial charge in [0.25, 0.3) is 5.96 Å². The molecule has 2 aromatic rings. The molecule has 0 spiro atoms. The molecule has 5 nitrogen and oxygen atoms in total. The van der Waals surface area contributed by atoms with E-state index in [1.54, 1.807) is 4.68 Å². The third-order valence-corrected chi connectivity index (χ3v) is 4.60. The molecular formula is C23H23N5. The van der Waals surface area contributed by atoms with Crippen LogP contribution in [0.2, 0.25) is 0 Å². The van der Waals surface area contributed by atoms with Crippen LogP contribution in [0.1, 0.15) is 22.5 Å². The van der Waals surface area contributed by atoms with Gasteiger partial charge in [0.1, 0.15) is 5.71 Å². The lowest BCUT2D eigenvalue weighted by molar-refractivity contribution is 0.620. The van der Waals surface area contributed by atoms with Crippen LogP contribution in [0.25, 0.3) is 0 Å². The Balaban J connectivity index is 1.77. The molecule has 0 N–H and O–H groups in total. The molecule has 140 valence electrons. The van der Waals surface area contributed by atoms with Crippen molar-refractivity contribution in [1.82, 2.24) is 14.7 Å². The van der Waals surface area contributed by atoms with Gasteiger partial charge in [-0.15, -0.1) is 0 Å². The molecule has 0 atom stereocenters. The lowest BCUT2D eigenvalue weighted by Crippen LogP contribution is -2.11. The van der Waals surface area contributed by atoms with E-state index in [0.29, 0.717) is 5.96 Å². The van der Waals surface area contributed by atoms with E-state index in [-0.39, 0.29) is 0 Å². The number of aliphatic imine (C=N–C) groups is 2. The molecule has 2 aliphatic heterocycles. The molecule has 0 saturated carbocycles. The highest BCUT2D eigenvalue weighted by molar-refractivity contribution is 6.21. The summed E-state index contributed by atoms with van der Waals surface area (Å²) in [7, 11) is 2.01. The van der Waals surface area contributed by atoms with Gasteiger partial charge in [0, 0.05) is 30.7 Å². The summed E-state index contributed by atoms with van der Waals surface area (Å²) in [6, 6.07) is 10.4. The molecule has 5 heteroatoms. The Morgan fingerprint density at radius 3 is 2.39 bits per heavy atom. The predicted molar refractivity (Wildman–Crippen MR) is 114 cm³/mol. The molecule has 1 aromatic heterocycles. The highest BCUT2D eigenvalue weighted by Crippen LogP contribution is 2.21. The van der Waals surface area contributed by atoms with Gasteiger partial charge >= 0.3 is 0 Å². The van der Waals surface area contributed by atoms with Crippen molar-refractivity contribution in [2.45, 2.75) is 20.8 Å². The summed E-state index contributed by atoms with van der Waals surface area (Å²) in [5.41, 5.74) is 7.03. The van der Waals surface area contributed by atoms with Crippen molar-refractivity contribution in [3.05, 3.63) is 101 Å². The standard InChI is InChI=1S/C23H23N5/c1-16-6-5-7-20(14-16)22-21(9-8-19-10-12-27(4)13-11-19)24-23(25-22)28-18(3)15-17(2)26-28/h5-15H,1-4H3.